The number of furan rings is 1. The van der Waals surface area contributed by atoms with Crippen LogP contribution in [0.2, 0.25) is 0 Å². The third kappa shape index (κ3) is 3.09. The van der Waals surface area contributed by atoms with Crippen LogP contribution < -0.4 is 5.32 Å². The van der Waals surface area contributed by atoms with Gasteiger partial charge >= 0.3 is 0 Å². The minimum absolute atomic E-state index is 0.301. The molecule has 0 aromatic carbocycles. The number of H-pyrrole nitrogens is 1. The van der Waals surface area contributed by atoms with Crippen molar-refractivity contribution in [1.29, 1.82) is 0 Å². The van der Waals surface area contributed by atoms with Crippen molar-refractivity contribution < 1.29 is 13.7 Å². The Balaban J connectivity index is 1.55. The standard InChI is InChI=1S/C21H17N5O3S/c1-10-7-13(12(3)28-10)15-8-14(19-11(2)26-29-21(19)22-15)20(27)23-18-9-16(24-25-18)17-5-4-6-30-17/h4-9H,1-3H3,(H2,23,24,25,27). The summed E-state index contributed by atoms with van der Waals surface area (Å²) in [7, 11) is 0. The maximum Gasteiger partial charge on any atom is 0.259 e. The van der Waals surface area contributed by atoms with Gasteiger partial charge in [-0.25, -0.2) is 4.98 Å². The van der Waals surface area contributed by atoms with Gasteiger partial charge in [-0.05, 0) is 44.4 Å². The van der Waals surface area contributed by atoms with E-state index in [4.69, 9.17) is 8.94 Å². The number of rotatable bonds is 4. The lowest BCUT2D eigenvalue weighted by Gasteiger charge is -2.06. The third-order valence-corrected chi connectivity index (χ3v) is 5.69. The average molecular weight is 419 g/mol. The number of nitrogens with one attached hydrogen (secondary N) is 2. The van der Waals surface area contributed by atoms with Crippen LogP contribution in [0.25, 0.3) is 32.9 Å². The number of thiophene rings is 1. The number of hydrogen-bond acceptors (Lipinski definition) is 7. The summed E-state index contributed by atoms with van der Waals surface area (Å²) in [4.78, 5) is 18.7. The van der Waals surface area contributed by atoms with Gasteiger partial charge in [-0.2, -0.15) is 5.10 Å². The highest BCUT2D eigenvalue weighted by molar-refractivity contribution is 7.13. The Kier molecular flexibility index (Phi) is 4.25. The maximum absolute atomic E-state index is 13.2. The van der Waals surface area contributed by atoms with E-state index in [0.717, 1.165) is 27.7 Å². The number of nitrogens with zero attached hydrogens (tertiary/aromatic N) is 3. The van der Waals surface area contributed by atoms with Crippen LogP contribution in [0.1, 0.15) is 27.6 Å². The molecule has 9 heteroatoms. The Morgan fingerprint density at radius 3 is 2.80 bits per heavy atom. The summed E-state index contributed by atoms with van der Waals surface area (Å²) in [5.41, 5.74) is 3.53. The van der Waals surface area contributed by atoms with E-state index in [2.05, 4.69) is 25.7 Å². The van der Waals surface area contributed by atoms with Crippen molar-refractivity contribution in [2.75, 3.05) is 5.32 Å². The summed E-state index contributed by atoms with van der Waals surface area (Å²) in [5, 5.41) is 16.5. The van der Waals surface area contributed by atoms with Crippen LogP contribution in [-0.2, 0) is 0 Å². The minimum atomic E-state index is -0.322. The molecule has 0 aliphatic carbocycles. The van der Waals surface area contributed by atoms with Crippen LogP contribution >= 0.6 is 11.3 Å². The summed E-state index contributed by atoms with van der Waals surface area (Å²) in [6, 6.07) is 9.36. The SMILES string of the molecule is Cc1cc(-c2cc(C(=O)Nc3cc(-c4cccs4)[nH]n3)c3c(C)noc3n2)c(C)o1. The van der Waals surface area contributed by atoms with Crippen LogP contribution in [0.4, 0.5) is 5.82 Å². The van der Waals surface area contributed by atoms with Gasteiger partial charge in [-0.1, -0.05) is 11.2 Å². The molecule has 0 unspecified atom stereocenters. The lowest BCUT2D eigenvalue weighted by atomic mass is 10.1. The fourth-order valence-corrected chi connectivity index (χ4v) is 4.12. The number of carbonyl (C=O) groups is 1. The first-order valence-electron chi connectivity index (χ1n) is 9.24. The van der Waals surface area contributed by atoms with Crippen molar-refractivity contribution in [2.45, 2.75) is 20.8 Å². The number of carbonyl (C=O) groups excluding carboxylic acids is 1. The number of aromatic nitrogens is 4. The van der Waals surface area contributed by atoms with Gasteiger partial charge < -0.3 is 14.3 Å². The molecule has 5 aromatic heterocycles. The zero-order valence-corrected chi connectivity index (χ0v) is 17.3. The number of anilines is 1. The fraction of sp³-hybridized carbons (Fsp3) is 0.143. The first kappa shape index (κ1) is 18.3. The molecule has 0 saturated heterocycles. The molecule has 0 aliphatic heterocycles. The molecule has 2 N–H and O–H groups in total. The molecule has 5 aromatic rings. The molecule has 0 spiro atoms. The lowest BCUT2D eigenvalue weighted by Crippen LogP contribution is -2.13. The van der Waals surface area contributed by atoms with Gasteiger partial charge in [0.05, 0.1) is 32.9 Å². The van der Waals surface area contributed by atoms with E-state index in [-0.39, 0.29) is 5.91 Å². The molecule has 0 saturated carbocycles. The molecular formula is C21H17N5O3S. The van der Waals surface area contributed by atoms with E-state index in [1.54, 1.807) is 30.4 Å². The van der Waals surface area contributed by atoms with Crippen molar-refractivity contribution in [3.05, 3.63) is 58.5 Å². The molecule has 5 heterocycles. The van der Waals surface area contributed by atoms with E-state index in [9.17, 15) is 4.79 Å². The van der Waals surface area contributed by atoms with Gasteiger partial charge in [0.2, 0.25) is 0 Å². The van der Waals surface area contributed by atoms with E-state index < -0.39 is 0 Å². The second-order valence-corrected chi connectivity index (χ2v) is 7.88. The Bertz CT molecular complexity index is 1380. The van der Waals surface area contributed by atoms with Crippen LogP contribution in [0.3, 0.4) is 0 Å². The van der Waals surface area contributed by atoms with E-state index in [0.29, 0.717) is 33.9 Å². The first-order valence-corrected chi connectivity index (χ1v) is 10.1. The van der Waals surface area contributed by atoms with E-state index in [1.165, 1.54) is 0 Å². The molecular weight excluding hydrogens is 402 g/mol. The van der Waals surface area contributed by atoms with Crippen LogP contribution in [0.5, 0.6) is 0 Å². The highest BCUT2D eigenvalue weighted by Crippen LogP contribution is 2.31. The van der Waals surface area contributed by atoms with Gasteiger partial charge in [0.1, 0.15) is 11.5 Å². The largest absolute Gasteiger partial charge is 0.466 e. The molecule has 0 bridgehead atoms. The van der Waals surface area contributed by atoms with Crippen molar-refractivity contribution in [2.24, 2.45) is 0 Å². The molecule has 150 valence electrons. The molecule has 1 amide bonds. The molecule has 0 fully saturated rings. The van der Waals surface area contributed by atoms with Gasteiger partial charge in [0.25, 0.3) is 11.6 Å². The number of aryl methyl sites for hydroxylation is 3. The van der Waals surface area contributed by atoms with Gasteiger partial charge in [-0.3, -0.25) is 9.89 Å². The fourth-order valence-electron chi connectivity index (χ4n) is 3.42. The smallest absolute Gasteiger partial charge is 0.259 e. The zero-order chi connectivity index (χ0) is 20.8. The number of fused-ring (bicyclic) bond motifs is 1. The maximum atomic E-state index is 13.2. The Morgan fingerprint density at radius 2 is 2.07 bits per heavy atom. The number of aromatic amines is 1. The van der Waals surface area contributed by atoms with Gasteiger partial charge in [-0.15, -0.1) is 11.3 Å². The lowest BCUT2D eigenvalue weighted by molar-refractivity contribution is 0.102. The number of amides is 1. The van der Waals surface area contributed by atoms with E-state index >= 15 is 0 Å². The van der Waals surface area contributed by atoms with Crippen LogP contribution in [-0.4, -0.2) is 26.2 Å². The number of hydrogen-bond donors (Lipinski definition) is 2. The molecule has 0 radical (unpaired) electrons. The second kappa shape index (κ2) is 6.96. The van der Waals surface area contributed by atoms with Gasteiger partial charge in [0, 0.05) is 11.6 Å². The number of pyridine rings is 1. The Morgan fingerprint density at radius 1 is 1.20 bits per heavy atom. The molecule has 5 rings (SSSR count). The van der Waals surface area contributed by atoms with Crippen LogP contribution in [0, 0.1) is 20.8 Å². The normalized spacial score (nSPS) is 11.3. The Hall–Kier alpha value is -3.72. The van der Waals surface area contributed by atoms with E-state index in [1.807, 2.05) is 37.4 Å². The predicted octanol–water partition coefficient (Wildman–Crippen LogP) is 5.11. The van der Waals surface area contributed by atoms with Crippen molar-refractivity contribution >= 4 is 34.2 Å². The first-order chi connectivity index (χ1) is 14.5. The highest BCUT2D eigenvalue weighted by Gasteiger charge is 2.21. The van der Waals surface area contributed by atoms with Crippen molar-refractivity contribution in [1.82, 2.24) is 20.3 Å². The van der Waals surface area contributed by atoms with Crippen LogP contribution in [0.15, 0.2) is 44.7 Å². The van der Waals surface area contributed by atoms with Gasteiger partial charge in [0.15, 0.2) is 5.82 Å². The molecule has 0 atom stereocenters. The molecule has 30 heavy (non-hydrogen) atoms. The highest BCUT2D eigenvalue weighted by atomic mass is 32.1. The average Bonchev–Trinajstić information content (AvgIpc) is 3.49. The minimum Gasteiger partial charge on any atom is -0.466 e. The zero-order valence-electron chi connectivity index (χ0n) is 16.4. The molecule has 0 aliphatic rings. The summed E-state index contributed by atoms with van der Waals surface area (Å²) >= 11 is 1.59. The summed E-state index contributed by atoms with van der Waals surface area (Å²) in [6.45, 7) is 5.50. The summed E-state index contributed by atoms with van der Waals surface area (Å²) in [6.07, 6.45) is 0. The second-order valence-electron chi connectivity index (χ2n) is 6.93. The summed E-state index contributed by atoms with van der Waals surface area (Å²) in [5.74, 6) is 1.59. The van der Waals surface area contributed by atoms with Crippen molar-refractivity contribution in [3.8, 4) is 21.8 Å². The third-order valence-electron chi connectivity index (χ3n) is 4.78. The predicted molar refractivity (Wildman–Crippen MR) is 114 cm³/mol. The monoisotopic (exact) mass is 419 g/mol. The quantitative estimate of drug-likeness (QED) is 0.419. The molecule has 8 nitrogen and oxygen atoms in total. The Labute approximate surface area is 174 Å². The topological polar surface area (TPSA) is 110 Å². The van der Waals surface area contributed by atoms with Crippen molar-refractivity contribution in [3.63, 3.8) is 0 Å². The summed E-state index contributed by atoms with van der Waals surface area (Å²) < 4.78 is 11.0.